The molecule has 0 saturated carbocycles. The highest BCUT2D eigenvalue weighted by Crippen LogP contribution is 2.29. The Morgan fingerprint density at radius 3 is 2.50 bits per heavy atom. The van der Waals surface area contributed by atoms with E-state index in [1.807, 2.05) is 41.3 Å². The fourth-order valence-corrected chi connectivity index (χ4v) is 3.26. The molecule has 1 aliphatic heterocycles. The first kappa shape index (κ1) is 16.6. The predicted octanol–water partition coefficient (Wildman–Crippen LogP) is 4.47. The molecular formula is C20H20ClNO2. The van der Waals surface area contributed by atoms with Crippen LogP contribution in [0.2, 0.25) is 5.02 Å². The molecule has 24 heavy (non-hydrogen) atoms. The Balaban J connectivity index is 1.56. The second-order valence-electron chi connectivity index (χ2n) is 6.08. The van der Waals surface area contributed by atoms with E-state index in [9.17, 15) is 9.90 Å². The molecule has 2 aromatic rings. The minimum atomic E-state index is 0.0409. The molecule has 1 fully saturated rings. The number of phenols is 1. The zero-order valence-corrected chi connectivity index (χ0v) is 14.1. The van der Waals surface area contributed by atoms with Crippen LogP contribution in [-0.4, -0.2) is 29.0 Å². The number of nitrogens with zero attached hydrogens (tertiary/aromatic N) is 1. The average molecular weight is 342 g/mol. The number of phenolic OH excluding ortho intramolecular Hbond substituents is 1. The summed E-state index contributed by atoms with van der Waals surface area (Å²) in [7, 11) is 0. The van der Waals surface area contributed by atoms with Gasteiger partial charge >= 0.3 is 0 Å². The Morgan fingerprint density at radius 2 is 1.83 bits per heavy atom. The number of aromatic hydroxyl groups is 1. The Hall–Kier alpha value is -2.26. The number of piperidine rings is 1. The van der Waals surface area contributed by atoms with Gasteiger partial charge in [0.15, 0.2) is 0 Å². The van der Waals surface area contributed by atoms with Crippen LogP contribution in [-0.2, 0) is 4.79 Å². The van der Waals surface area contributed by atoms with Crippen molar-refractivity contribution in [1.82, 2.24) is 4.90 Å². The highest BCUT2D eigenvalue weighted by Gasteiger charge is 2.22. The van der Waals surface area contributed by atoms with Gasteiger partial charge in [-0.25, -0.2) is 0 Å². The summed E-state index contributed by atoms with van der Waals surface area (Å²) in [6, 6.07) is 14.8. The molecule has 0 aliphatic carbocycles. The number of amides is 1. The number of likely N-dealkylation sites (tertiary alicyclic amines) is 1. The van der Waals surface area contributed by atoms with Gasteiger partial charge in [-0.1, -0.05) is 35.9 Å². The molecule has 0 radical (unpaired) electrons. The molecule has 1 heterocycles. The van der Waals surface area contributed by atoms with Crippen molar-refractivity contribution in [3.05, 3.63) is 70.8 Å². The highest BCUT2D eigenvalue weighted by atomic mass is 35.5. The zero-order valence-electron chi connectivity index (χ0n) is 13.4. The van der Waals surface area contributed by atoms with E-state index in [-0.39, 0.29) is 11.7 Å². The van der Waals surface area contributed by atoms with E-state index in [1.54, 1.807) is 24.3 Å². The van der Waals surface area contributed by atoms with Crippen LogP contribution < -0.4 is 0 Å². The lowest BCUT2D eigenvalue weighted by Crippen LogP contribution is -2.36. The highest BCUT2D eigenvalue weighted by molar-refractivity contribution is 6.30. The number of carbonyl (C=O) groups excluding carboxylic acids is 1. The summed E-state index contributed by atoms with van der Waals surface area (Å²) in [5, 5.41) is 10.0. The Bertz CT molecular complexity index is 732. The SMILES string of the molecule is O=C(/C=C/c1cccc(Cl)c1)N1CCC(c2ccc(O)cc2)CC1. The van der Waals surface area contributed by atoms with Crippen molar-refractivity contribution in [2.45, 2.75) is 18.8 Å². The van der Waals surface area contributed by atoms with Gasteiger partial charge in [-0.2, -0.15) is 0 Å². The van der Waals surface area contributed by atoms with Gasteiger partial charge in [-0.05, 0) is 60.2 Å². The van der Waals surface area contributed by atoms with E-state index in [4.69, 9.17) is 11.6 Å². The number of rotatable bonds is 3. The third kappa shape index (κ3) is 4.18. The van der Waals surface area contributed by atoms with Gasteiger partial charge in [0.05, 0.1) is 0 Å². The fraction of sp³-hybridized carbons (Fsp3) is 0.250. The maximum Gasteiger partial charge on any atom is 0.246 e. The third-order valence-corrected chi connectivity index (χ3v) is 4.67. The van der Waals surface area contributed by atoms with E-state index in [1.165, 1.54) is 5.56 Å². The molecule has 0 unspecified atom stereocenters. The maximum absolute atomic E-state index is 12.3. The van der Waals surface area contributed by atoms with Gasteiger partial charge in [0.2, 0.25) is 5.91 Å². The summed E-state index contributed by atoms with van der Waals surface area (Å²) >= 11 is 5.95. The van der Waals surface area contributed by atoms with Crippen molar-refractivity contribution in [1.29, 1.82) is 0 Å². The molecule has 0 bridgehead atoms. The average Bonchev–Trinajstić information content (AvgIpc) is 2.61. The summed E-state index contributed by atoms with van der Waals surface area (Å²) in [4.78, 5) is 14.2. The van der Waals surface area contributed by atoms with E-state index >= 15 is 0 Å². The first-order valence-electron chi connectivity index (χ1n) is 8.13. The molecule has 124 valence electrons. The second-order valence-corrected chi connectivity index (χ2v) is 6.52. The number of halogens is 1. The zero-order chi connectivity index (χ0) is 16.9. The maximum atomic E-state index is 12.3. The van der Waals surface area contributed by atoms with Crippen LogP contribution in [0.3, 0.4) is 0 Å². The van der Waals surface area contributed by atoms with Gasteiger partial charge in [0, 0.05) is 24.2 Å². The molecular weight excluding hydrogens is 322 g/mol. The molecule has 2 aromatic carbocycles. The van der Waals surface area contributed by atoms with Crippen LogP contribution in [0.1, 0.15) is 29.9 Å². The topological polar surface area (TPSA) is 40.5 Å². The molecule has 1 amide bonds. The lowest BCUT2D eigenvalue weighted by molar-refractivity contribution is -0.126. The molecule has 1 aliphatic rings. The van der Waals surface area contributed by atoms with E-state index in [0.717, 1.165) is 31.5 Å². The van der Waals surface area contributed by atoms with Crippen LogP contribution in [0, 0.1) is 0 Å². The van der Waals surface area contributed by atoms with Crippen LogP contribution in [0.15, 0.2) is 54.6 Å². The molecule has 0 aromatic heterocycles. The van der Waals surface area contributed by atoms with Gasteiger partial charge in [-0.3, -0.25) is 4.79 Å². The van der Waals surface area contributed by atoms with Crippen molar-refractivity contribution >= 4 is 23.6 Å². The van der Waals surface area contributed by atoms with Crippen LogP contribution >= 0.6 is 11.6 Å². The number of benzene rings is 2. The van der Waals surface area contributed by atoms with Crippen molar-refractivity contribution in [3.8, 4) is 5.75 Å². The molecule has 4 heteroatoms. The Morgan fingerprint density at radius 1 is 1.12 bits per heavy atom. The molecule has 0 spiro atoms. The molecule has 3 rings (SSSR count). The van der Waals surface area contributed by atoms with E-state index in [2.05, 4.69) is 0 Å². The molecule has 0 atom stereocenters. The normalized spacial score (nSPS) is 15.8. The van der Waals surface area contributed by atoms with E-state index in [0.29, 0.717) is 10.9 Å². The minimum Gasteiger partial charge on any atom is -0.508 e. The molecule has 3 nitrogen and oxygen atoms in total. The molecule has 1 N–H and O–H groups in total. The van der Waals surface area contributed by atoms with Crippen molar-refractivity contribution < 1.29 is 9.90 Å². The van der Waals surface area contributed by atoms with Crippen LogP contribution in [0.25, 0.3) is 6.08 Å². The number of carbonyl (C=O) groups is 1. The number of hydrogen-bond donors (Lipinski definition) is 1. The monoisotopic (exact) mass is 341 g/mol. The summed E-state index contributed by atoms with van der Waals surface area (Å²) in [5.41, 5.74) is 2.16. The van der Waals surface area contributed by atoms with Gasteiger partial charge < -0.3 is 10.0 Å². The van der Waals surface area contributed by atoms with Crippen molar-refractivity contribution in [3.63, 3.8) is 0 Å². The third-order valence-electron chi connectivity index (χ3n) is 4.44. The first-order valence-corrected chi connectivity index (χ1v) is 8.51. The Labute approximate surface area is 147 Å². The van der Waals surface area contributed by atoms with Crippen LogP contribution in [0.4, 0.5) is 0 Å². The minimum absolute atomic E-state index is 0.0409. The Kier molecular flexibility index (Phi) is 5.21. The van der Waals surface area contributed by atoms with Crippen molar-refractivity contribution in [2.24, 2.45) is 0 Å². The fourth-order valence-electron chi connectivity index (χ4n) is 3.06. The summed E-state index contributed by atoms with van der Waals surface area (Å²) in [6.45, 7) is 1.51. The van der Waals surface area contributed by atoms with Crippen LogP contribution in [0.5, 0.6) is 5.75 Å². The number of hydrogen-bond acceptors (Lipinski definition) is 2. The van der Waals surface area contributed by atoms with Gasteiger partial charge in [0.25, 0.3) is 0 Å². The van der Waals surface area contributed by atoms with Gasteiger partial charge in [0.1, 0.15) is 5.75 Å². The molecule has 1 saturated heterocycles. The second kappa shape index (κ2) is 7.54. The lowest BCUT2D eigenvalue weighted by Gasteiger charge is -2.31. The van der Waals surface area contributed by atoms with Crippen molar-refractivity contribution in [2.75, 3.05) is 13.1 Å². The quantitative estimate of drug-likeness (QED) is 0.837. The summed E-state index contributed by atoms with van der Waals surface area (Å²) in [5.74, 6) is 0.781. The summed E-state index contributed by atoms with van der Waals surface area (Å²) < 4.78 is 0. The van der Waals surface area contributed by atoms with E-state index < -0.39 is 0 Å². The van der Waals surface area contributed by atoms with Gasteiger partial charge in [-0.15, -0.1) is 0 Å². The largest absolute Gasteiger partial charge is 0.508 e. The summed E-state index contributed by atoms with van der Waals surface area (Å²) in [6.07, 6.45) is 5.32. The predicted molar refractivity (Wildman–Crippen MR) is 97.1 cm³/mol. The lowest BCUT2D eigenvalue weighted by atomic mass is 9.89. The first-order chi connectivity index (χ1) is 11.6. The standard InChI is InChI=1S/C20H20ClNO2/c21-18-3-1-2-15(14-18)4-9-20(24)22-12-10-17(11-13-22)16-5-7-19(23)8-6-16/h1-9,14,17,23H,10-13H2/b9-4+. The smallest absolute Gasteiger partial charge is 0.246 e.